The quantitative estimate of drug-likeness (QED) is 0.377. The first kappa shape index (κ1) is 18.4. The fraction of sp³-hybridized carbons (Fsp3) is 0.273. The molecule has 1 radical (unpaired) electrons. The summed E-state index contributed by atoms with van der Waals surface area (Å²) >= 11 is 0. The number of rotatable bonds is 1. The fourth-order valence-electron chi connectivity index (χ4n) is 1.36. The number of hydrogen-bond donors (Lipinski definition) is 0. The van der Waals surface area contributed by atoms with Crippen molar-refractivity contribution >= 4 is 26.8 Å². The van der Waals surface area contributed by atoms with Gasteiger partial charge in [0.1, 0.15) is 0 Å². The van der Waals surface area contributed by atoms with Crippen LogP contribution in [-0.2, 0) is 30.7 Å². The summed E-state index contributed by atoms with van der Waals surface area (Å²) in [6.07, 6.45) is 0. The molecule has 0 spiro atoms. The van der Waals surface area contributed by atoms with E-state index >= 15 is 0 Å². The third-order valence-electron chi connectivity index (χ3n) is 2.03. The number of hydrogen-bond acceptors (Lipinski definition) is 4. The number of para-hydroxylation sites is 1. The van der Waals surface area contributed by atoms with E-state index in [9.17, 15) is 0 Å². The van der Waals surface area contributed by atoms with Crippen LogP contribution in [0.15, 0.2) is 24.3 Å². The van der Waals surface area contributed by atoms with Crippen LogP contribution in [0.5, 0.6) is 0 Å². The molecule has 1 aromatic rings. The van der Waals surface area contributed by atoms with Crippen molar-refractivity contribution in [3.63, 3.8) is 0 Å². The minimum Gasteiger partial charge on any atom is -0.545 e. The Morgan fingerprint density at radius 3 is 2.29 bits per heavy atom. The topological polar surface area (TPSA) is 40.6 Å². The molecule has 0 saturated carbocycles. The molecule has 0 N–H and O–H groups in total. The van der Waals surface area contributed by atoms with Gasteiger partial charge >= 0.3 is 7.55 Å². The van der Waals surface area contributed by atoms with E-state index in [2.05, 4.69) is 49.9 Å². The standard InChI is InChI=1S/C9H11BN2.2CHO.Pt/c1-11-7-8-12(10-11)9-5-3-2-4-6-9;2*1-2;/h2-5H,7-8H2,1H3;2*1H;/q3*-1;. The van der Waals surface area contributed by atoms with Crippen molar-refractivity contribution in [2.24, 2.45) is 0 Å². The van der Waals surface area contributed by atoms with E-state index in [4.69, 9.17) is 9.59 Å². The molecule has 0 aliphatic carbocycles. The molecule has 0 aromatic heterocycles. The zero-order valence-corrected chi connectivity index (χ0v) is 11.8. The summed E-state index contributed by atoms with van der Waals surface area (Å²) in [6.45, 7) is 8.67. The molecule has 6 heteroatoms. The molecule has 0 bridgehead atoms. The molecule has 0 atom stereocenters. The van der Waals surface area contributed by atoms with Crippen molar-refractivity contribution in [3.8, 4) is 0 Å². The van der Waals surface area contributed by atoms with Gasteiger partial charge in [-0.25, -0.2) is 0 Å². The maximum Gasteiger partial charge on any atom is 0.350 e. The minimum absolute atomic E-state index is 0. The van der Waals surface area contributed by atoms with Gasteiger partial charge in [-0.15, -0.1) is 6.07 Å². The van der Waals surface area contributed by atoms with Crippen LogP contribution in [0.1, 0.15) is 0 Å². The Morgan fingerprint density at radius 2 is 1.88 bits per heavy atom. The van der Waals surface area contributed by atoms with Crippen molar-refractivity contribution in [1.29, 1.82) is 0 Å². The first-order valence-corrected chi connectivity index (χ1v) is 4.62. The van der Waals surface area contributed by atoms with E-state index in [0.29, 0.717) is 0 Å². The molecule has 1 heterocycles. The third-order valence-corrected chi connectivity index (χ3v) is 2.03. The van der Waals surface area contributed by atoms with Gasteiger partial charge in [-0.05, 0) is 7.05 Å². The molecule has 0 amide bonds. The summed E-state index contributed by atoms with van der Waals surface area (Å²) in [7, 11) is 4.20. The van der Waals surface area contributed by atoms with Crippen molar-refractivity contribution in [2.75, 3.05) is 24.9 Å². The Bertz CT molecular complexity index is 288. The van der Waals surface area contributed by atoms with E-state index in [1.807, 2.05) is 18.2 Å². The predicted octanol–water partition coefficient (Wildman–Crippen LogP) is 0.222. The van der Waals surface area contributed by atoms with Gasteiger partial charge in [0.05, 0.1) is 0 Å². The number of anilines is 1. The second-order valence-electron chi connectivity index (χ2n) is 3.04. The van der Waals surface area contributed by atoms with Gasteiger partial charge in [0, 0.05) is 34.2 Å². The second kappa shape index (κ2) is 11.6. The van der Waals surface area contributed by atoms with Gasteiger partial charge in [-0.3, -0.25) is 13.6 Å². The maximum atomic E-state index is 7.75. The molecular formula is C11H13BN2O2Pt-3. The summed E-state index contributed by atoms with van der Waals surface area (Å²) < 4.78 is 0. The zero-order valence-electron chi connectivity index (χ0n) is 9.48. The molecule has 1 fully saturated rings. The smallest absolute Gasteiger partial charge is 0.350 e. The van der Waals surface area contributed by atoms with Crippen LogP contribution in [0.4, 0.5) is 5.69 Å². The van der Waals surface area contributed by atoms with E-state index < -0.39 is 0 Å². The Morgan fingerprint density at radius 1 is 1.24 bits per heavy atom. The zero-order chi connectivity index (χ0) is 12.4. The van der Waals surface area contributed by atoms with Gasteiger partial charge < -0.3 is 19.2 Å². The fourth-order valence-corrected chi connectivity index (χ4v) is 1.36. The molecule has 95 valence electrons. The number of benzene rings is 1. The van der Waals surface area contributed by atoms with Crippen molar-refractivity contribution in [3.05, 3.63) is 30.3 Å². The van der Waals surface area contributed by atoms with Crippen molar-refractivity contribution < 1.29 is 30.7 Å². The Balaban J connectivity index is 0. The molecular weight excluding hydrogens is 398 g/mol. The van der Waals surface area contributed by atoms with Crippen LogP contribution in [0.3, 0.4) is 0 Å². The molecule has 4 nitrogen and oxygen atoms in total. The van der Waals surface area contributed by atoms with Crippen molar-refractivity contribution in [1.82, 2.24) is 4.81 Å². The Kier molecular flexibility index (Phi) is 12.5. The van der Waals surface area contributed by atoms with E-state index in [1.165, 1.54) is 0 Å². The van der Waals surface area contributed by atoms with Crippen LogP contribution in [0.25, 0.3) is 0 Å². The first-order valence-electron chi connectivity index (χ1n) is 4.62. The maximum absolute atomic E-state index is 7.75. The monoisotopic (exact) mass is 411 g/mol. The van der Waals surface area contributed by atoms with Crippen LogP contribution < -0.4 is 4.81 Å². The molecule has 1 aliphatic heterocycles. The molecule has 1 aromatic carbocycles. The molecule has 1 saturated heterocycles. The molecule has 2 rings (SSSR count). The van der Waals surface area contributed by atoms with Gasteiger partial charge in [0.15, 0.2) is 0 Å². The van der Waals surface area contributed by atoms with Gasteiger partial charge in [-0.2, -0.15) is 24.3 Å². The Labute approximate surface area is 118 Å². The summed E-state index contributed by atoms with van der Waals surface area (Å²) in [5.41, 5.74) is 1.15. The Hall–Kier alpha value is -0.927. The predicted molar refractivity (Wildman–Crippen MR) is 64.5 cm³/mol. The molecule has 1 aliphatic rings. The molecule has 17 heavy (non-hydrogen) atoms. The first-order chi connectivity index (χ1) is 7.86. The number of carbonyl (C=O) groups excluding carboxylic acids is 2. The van der Waals surface area contributed by atoms with Crippen LogP contribution in [0.2, 0.25) is 0 Å². The summed E-state index contributed by atoms with van der Waals surface area (Å²) in [5, 5.41) is 0. The van der Waals surface area contributed by atoms with Crippen LogP contribution in [-0.4, -0.2) is 46.1 Å². The summed E-state index contributed by atoms with van der Waals surface area (Å²) in [5.74, 6) is 0. The molecule has 0 unspecified atom stereocenters. The average molecular weight is 411 g/mol. The van der Waals surface area contributed by atoms with E-state index in [0.717, 1.165) is 18.8 Å². The average Bonchev–Trinajstić information content (AvgIpc) is 2.82. The number of nitrogens with zero attached hydrogens (tertiary/aromatic N) is 2. The van der Waals surface area contributed by atoms with Crippen molar-refractivity contribution in [2.45, 2.75) is 0 Å². The largest absolute Gasteiger partial charge is 0.545 e. The minimum atomic E-state index is 0. The summed E-state index contributed by atoms with van der Waals surface area (Å²) in [4.78, 5) is 19.9. The van der Waals surface area contributed by atoms with Gasteiger partial charge in [-0.1, -0.05) is 5.69 Å². The van der Waals surface area contributed by atoms with E-state index in [-0.39, 0.29) is 21.1 Å². The number of likely N-dealkylation sites (N-methyl/N-ethyl adjacent to an activating group) is 1. The van der Waals surface area contributed by atoms with Crippen LogP contribution >= 0.6 is 0 Å². The third kappa shape index (κ3) is 6.39. The van der Waals surface area contributed by atoms with Gasteiger partial charge in [0.2, 0.25) is 0 Å². The van der Waals surface area contributed by atoms with Crippen LogP contribution in [0, 0.1) is 6.07 Å². The second-order valence-corrected chi connectivity index (χ2v) is 3.04. The summed E-state index contributed by atoms with van der Waals surface area (Å²) in [6, 6.07) is 11.3. The van der Waals surface area contributed by atoms with Gasteiger partial charge in [0.25, 0.3) is 0 Å². The van der Waals surface area contributed by atoms with E-state index in [1.54, 1.807) is 0 Å². The SMILES string of the molecule is CN1[B]N(c2[c-]cccc2)CC1.[CH-]=O.[CH-]=O.[Pt]. The normalized spacial score (nSPS) is 13.1.